The maximum Gasteiger partial charge on any atom is 0.159 e. The molecule has 1 aliphatic heterocycles. The summed E-state index contributed by atoms with van der Waals surface area (Å²) in [6.45, 7) is 1.53. The number of aliphatic imine (C=N–C) groups is 1. The van der Waals surface area contributed by atoms with E-state index in [1.54, 1.807) is 0 Å². The SMILES string of the molecule is C/C(O)=C/C(=O)CCc1ccccc1-c1cc(-c2ccccc2-c2ccc(-c3ccccn3)cc2Br)cc(-c2ccccc2-c2ccc(C3CC=CC=N3)cc2Br)c1. The first kappa shape index (κ1) is 38.9. The van der Waals surface area contributed by atoms with Crippen molar-refractivity contribution in [2.75, 3.05) is 0 Å². The normalized spacial score (nSPS) is 13.8. The van der Waals surface area contributed by atoms with Crippen molar-refractivity contribution < 1.29 is 9.90 Å². The van der Waals surface area contributed by atoms with Crippen LogP contribution in [0.1, 0.15) is 36.9 Å². The molecule has 1 unspecified atom stereocenters. The maximum absolute atomic E-state index is 12.7. The van der Waals surface area contributed by atoms with Gasteiger partial charge in [0.2, 0.25) is 0 Å². The predicted octanol–water partition coefficient (Wildman–Crippen LogP) is 14.6. The van der Waals surface area contributed by atoms with E-state index in [4.69, 9.17) is 4.99 Å². The molecule has 6 aromatic carbocycles. The van der Waals surface area contributed by atoms with Crippen LogP contribution in [-0.2, 0) is 11.2 Å². The summed E-state index contributed by atoms with van der Waals surface area (Å²) >= 11 is 7.87. The van der Waals surface area contributed by atoms with Crippen molar-refractivity contribution >= 4 is 43.9 Å². The van der Waals surface area contributed by atoms with Crippen molar-refractivity contribution in [1.82, 2.24) is 4.98 Å². The lowest BCUT2D eigenvalue weighted by atomic mass is 9.86. The Morgan fingerprint density at radius 2 is 1.24 bits per heavy atom. The third-order valence-electron chi connectivity index (χ3n) is 10.5. The molecule has 4 nitrogen and oxygen atoms in total. The molecule has 2 heterocycles. The number of pyridine rings is 1. The number of ketones is 1. The van der Waals surface area contributed by atoms with Crippen molar-refractivity contribution in [3.05, 3.63) is 196 Å². The van der Waals surface area contributed by atoms with Gasteiger partial charge in [-0.3, -0.25) is 14.8 Å². The summed E-state index contributed by atoms with van der Waals surface area (Å²) in [7, 11) is 0. The Balaban J connectivity index is 1.28. The van der Waals surface area contributed by atoms with Gasteiger partial charge >= 0.3 is 0 Å². The van der Waals surface area contributed by atoms with Crippen molar-refractivity contribution in [2.24, 2.45) is 4.99 Å². The molecule has 1 aliphatic rings. The van der Waals surface area contributed by atoms with E-state index in [1.807, 2.05) is 42.8 Å². The van der Waals surface area contributed by atoms with E-state index >= 15 is 0 Å². The topological polar surface area (TPSA) is 62.5 Å². The van der Waals surface area contributed by atoms with Crippen LogP contribution in [0.2, 0.25) is 0 Å². The Hall–Kier alpha value is -5.95. The number of hydrogen-bond acceptors (Lipinski definition) is 4. The van der Waals surface area contributed by atoms with Crippen LogP contribution in [0.15, 0.2) is 190 Å². The van der Waals surface area contributed by atoms with E-state index in [0.29, 0.717) is 12.8 Å². The van der Waals surface area contributed by atoms with E-state index in [2.05, 4.69) is 164 Å². The van der Waals surface area contributed by atoms with E-state index in [9.17, 15) is 9.90 Å². The second-order valence-electron chi connectivity index (χ2n) is 14.4. The minimum Gasteiger partial charge on any atom is -0.512 e. The molecule has 0 bridgehead atoms. The number of benzene rings is 6. The number of allylic oxidation sites excluding steroid dienone is 3. The molecule has 0 amide bonds. The standard InChI is InChI=1S/C52H40Br2N2O2/c1-34(57)28-41(58)23-20-35-12-2-3-13-42(35)38-29-39(43-14-4-6-16-45(43)47-24-21-36(32-49(47)53)51-18-8-10-26-55-51)31-40(30-38)44-15-5-7-17-46(44)48-25-22-37(33-50(48)54)52-19-9-11-27-56-52/h2-18,21-22,24-33,52,57H,19-20,23H2,1H3/b34-28-. The number of dihydropyridines is 1. The van der Waals surface area contributed by atoms with Crippen molar-refractivity contribution in [3.8, 4) is 66.9 Å². The van der Waals surface area contributed by atoms with Gasteiger partial charge < -0.3 is 5.11 Å². The average Bonchev–Trinajstić information content (AvgIpc) is 3.26. The third-order valence-corrected chi connectivity index (χ3v) is 11.8. The first-order valence-electron chi connectivity index (χ1n) is 19.3. The minimum absolute atomic E-state index is 0.0203. The van der Waals surface area contributed by atoms with Crippen LogP contribution in [0.25, 0.3) is 66.9 Å². The fourth-order valence-electron chi connectivity index (χ4n) is 7.70. The molecule has 8 rings (SSSR count). The number of hydrogen-bond donors (Lipinski definition) is 1. The molecule has 0 spiro atoms. The molecule has 58 heavy (non-hydrogen) atoms. The molecule has 1 N–H and O–H groups in total. The van der Waals surface area contributed by atoms with E-state index in [1.165, 1.54) is 18.6 Å². The molecule has 6 heteroatoms. The quantitative estimate of drug-likeness (QED) is 0.104. The molecule has 0 fully saturated rings. The Morgan fingerprint density at radius 3 is 1.83 bits per heavy atom. The van der Waals surface area contributed by atoms with Gasteiger partial charge in [-0.1, -0.05) is 141 Å². The maximum atomic E-state index is 12.7. The van der Waals surface area contributed by atoms with Crippen molar-refractivity contribution in [1.29, 1.82) is 0 Å². The van der Waals surface area contributed by atoms with Gasteiger partial charge in [0.25, 0.3) is 0 Å². The van der Waals surface area contributed by atoms with Crippen LogP contribution in [0.4, 0.5) is 0 Å². The number of halogens is 2. The summed E-state index contributed by atoms with van der Waals surface area (Å²) in [5, 5.41) is 9.74. The summed E-state index contributed by atoms with van der Waals surface area (Å²) in [5.41, 5.74) is 15.0. The van der Waals surface area contributed by atoms with Crippen LogP contribution in [0.5, 0.6) is 0 Å². The van der Waals surface area contributed by atoms with Crippen molar-refractivity contribution in [3.63, 3.8) is 0 Å². The summed E-state index contributed by atoms with van der Waals surface area (Å²) in [6.07, 6.45) is 10.9. The Labute approximate surface area is 356 Å². The van der Waals surface area contributed by atoms with Crippen molar-refractivity contribution in [2.45, 2.75) is 32.2 Å². The molecular weight excluding hydrogens is 844 g/mol. The first-order valence-corrected chi connectivity index (χ1v) is 20.9. The van der Waals surface area contributed by atoms with E-state index < -0.39 is 0 Å². The highest BCUT2D eigenvalue weighted by atomic mass is 79.9. The van der Waals surface area contributed by atoms with Crippen LogP contribution >= 0.6 is 31.9 Å². The molecule has 0 radical (unpaired) electrons. The first-order chi connectivity index (χ1) is 28.3. The Bertz CT molecular complexity index is 2730. The molecule has 7 aromatic rings. The molecular formula is C52H40Br2N2O2. The van der Waals surface area contributed by atoms with Crippen LogP contribution < -0.4 is 0 Å². The molecule has 284 valence electrons. The summed E-state index contributed by atoms with van der Waals surface area (Å²) in [6, 6.07) is 51.3. The lowest BCUT2D eigenvalue weighted by molar-refractivity contribution is -0.114. The van der Waals surface area contributed by atoms with Gasteiger partial charge in [0.05, 0.1) is 17.5 Å². The van der Waals surface area contributed by atoms with Crippen LogP contribution in [0.3, 0.4) is 0 Å². The molecule has 1 atom stereocenters. The lowest BCUT2D eigenvalue weighted by Crippen LogP contribution is -1.99. The monoisotopic (exact) mass is 882 g/mol. The molecule has 1 aromatic heterocycles. The zero-order chi connectivity index (χ0) is 40.0. The zero-order valence-electron chi connectivity index (χ0n) is 31.9. The van der Waals surface area contributed by atoms with Crippen LogP contribution in [0, 0.1) is 0 Å². The molecule has 0 aliphatic carbocycles. The minimum atomic E-state index is -0.102. The number of rotatable bonds is 11. The summed E-state index contributed by atoms with van der Waals surface area (Å²) in [4.78, 5) is 22.0. The number of aliphatic hydroxyl groups is 1. The predicted molar refractivity (Wildman–Crippen MR) is 247 cm³/mol. The highest BCUT2D eigenvalue weighted by Crippen LogP contribution is 2.44. The number of aromatic nitrogens is 1. The second kappa shape index (κ2) is 17.7. The van der Waals surface area contributed by atoms with Gasteiger partial charge in [0, 0.05) is 39.4 Å². The lowest BCUT2D eigenvalue weighted by Gasteiger charge is -2.19. The number of carbonyl (C=O) groups excluding carboxylic acids is 1. The van der Waals surface area contributed by atoms with Gasteiger partial charge in [0.1, 0.15) is 0 Å². The summed E-state index contributed by atoms with van der Waals surface area (Å²) < 4.78 is 2.00. The fraction of sp³-hybridized carbons (Fsp3) is 0.0962. The number of aryl methyl sites for hydroxylation is 1. The largest absolute Gasteiger partial charge is 0.512 e. The highest BCUT2D eigenvalue weighted by Gasteiger charge is 2.19. The summed E-state index contributed by atoms with van der Waals surface area (Å²) in [5.74, 6) is -0.0815. The van der Waals surface area contributed by atoms with Gasteiger partial charge in [-0.05, 0) is 135 Å². The Kier molecular flexibility index (Phi) is 11.9. The van der Waals surface area contributed by atoms with Gasteiger partial charge in [0.15, 0.2) is 5.78 Å². The number of aliphatic hydroxyl groups excluding tert-OH is 1. The third kappa shape index (κ3) is 8.64. The number of carbonyl (C=O) groups is 1. The van der Waals surface area contributed by atoms with Gasteiger partial charge in [-0.2, -0.15) is 0 Å². The van der Waals surface area contributed by atoms with Crippen LogP contribution in [-0.4, -0.2) is 22.1 Å². The smallest absolute Gasteiger partial charge is 0.159 e. The second-order valence-corrected chi connectivity index (χ2v) is 16.1. The Morgan fingerprint density at radius 1 is 0.655 bits per heavy atom. The molecule has 0 saturated heterocycles. The van der Waals surface area contributed by atoms with E-state index in [0.717, 1.165) is 87.8 Å². The highest BCUT2D eigenvalue weighted by molar-refractivity contribution is 9.11. The van der Waals surface area contributed by atoms with Gasteiger partial charge in [-0.25, -0.2) is 0 Å². The number of nitrogens with zero attached hydrogens (tertiary/aromatic N) is 2. The average molecular weight is 885 g/mol. The van der Waals surface area contributed by atoms with Gasteiger partial charge in [-0.15, -0.1) is 0 Å². The zero-order valence-corrected chi connectivity index (χ0v) is 35.1. The van der Waals surface area contributed by atoms with E-state index in [-0.39, 0.29) is 17.6 Å². The molecule has 0 saturated carbocycles. The fourth-order valence-corrected chi connectivity index (χ4v) is 8.91.